The minimum atomic E-state index is -1.62. The van der Waals surface area contributed by atoms with E-state index >= 15 is 0 Å². The van der Waals surface area contributed by atoms with Crippen molar-refractivity contribution in [3.63, 3.8) is 0 Å². The molecular formula is C10H10BrFO3S. The van der Waals surface area contributed by atoms with Crippen LogP contribution in [0.25, 0.3) is 0 Å². The molecule has 0 spiro atoms. The Bertz CT molecular complexity index is 436. The molecule has 0 saturated heterocycles. The van der Waals surface area contributed by atoms with E-state index in [0.29, 0.717) is 4.47 Å². The fourth-order valence-corrected chi connectivity index (χ4v) is 2.38. The summed E-state index contributed by atoms with van der Waals surface area (Å²) in [6.45, 7) is 1.34. The van der Waals surface area contributed by atoms with E-state index in [2.05, 4.69) is 15.9 Å². The van der Waals surface area contributed by atoms with Crippen LogP contribution >= 0.6 is 15.9 Å². The third kappa shape index (κ3) is 3.38. The van der Waals surface area contributed by atoms with E-state index < -0.39 is 27.8 Å². The largest absolute Gasteiger partial charge is 0.480 e. The second-order valence-corrected chi connectivity index (χ2v) is 5.91. The molecule has 1 rings (SSSR count). The second kappa shape index (κ2) is 5.54. The van der Waals surface area contributed by atoms with Crippen LogP contribution in [0.1, 0.15) is 12.5 Å². The molecule has 16 heavy (non-hydrogen) atoms. The highest BCUT2D eigenvalue weighted by Crippen LogP contribution is 2.17. The number of carboxylic acids is 1. The molecule has 0 amide bonds. The Morgan fingerprint density at radius 1 is 1.62 bits per heavy atom. The van der Waals surface area contributed by atoms with Crippen molar-refractivity contribution in [3.05, 3.63) is 34.1 Å². The first kappa shape index (κ1) is 13.3. The first-order valence-electron chi connectivity index (χ1n) is 4.45. The lowest BCUT2D eigenvalue weighted by atomic mass is 10.2. The first-order chi connectivity index (χ1) is 7.41. The lowest BCUT2D eigenvalue weighted by Crippen LogP contribution is -2.23. The molecule has 3 nitrogen and oxygen atoms in total. The van der Waals surface area contributed by atoms with Gasteiger partial charge in [0.05, 0.1) is 5.75 Å². The second-order valence-electron chi connectivity index (χ2n) is 3.24. The van der Waals surface area contributed by atoms with Crippen LogP contribution in [0.2, 0.25) is 0 Å². The predicted molar refractivity (Wildman–Crippen MR) is 63.0 cm³/mol. The van der Waals surface area contributed by atoms with Gasteiger partial charge >= 0.3 is 5.97 Å². The van der Waals surface area contributed by atoms with Crippen molar-refractivity contribution in [2.24, 2.45) is 0 Å². The molecule has 88 valence electrons. The van der Waals surface area contributed by atoms with E-state index in [1.54, 1.807) is 6.07 Å². The van der Waals surface area contributed by atoms with Gasteiger partial charge in [-0.15, -0.1) is 0 Å². The zero-order valence-corrected chi connectivity index (χ0v) is 10.8. The van der Waals surface area contributed by atoms with Gasteiger partial charge in [0.15, 0.2) is 0 Å². The Morgan fingerprint density at radius 3 is 2.75 bits per heavy atom. The van der Waals surface area contributed by atoms with Gasteiger partial charge < -0.3 is 5.11 Å². The van der Waals surface area contributed by atoms with Gasteiger partial charge in [-0.05, 0) is 19.1 Å². The molecule has 0 radical (unpaired) electrons. The van der Waals surface area contributed by atoms with Gasteiger partial charge in [-0.25, -0.2) is 4.39 Å². The van der Waals surface area contributed by atoms with E-state index in [0.717, 1.165) is 0 Å². The van der Waals surface area contributed by atoms with Crippen molar-refractivity contribution in [2.75, 3.05) is 0 Å². The zero-order valence-electron chi connectivity index (χ0n) is 8.44. The fourth-order valence-electron chi connectivity index (χ4n) is 1.03. The Hall–Kier alpha value is -0.750. The molecule has 0 heterocycles. The number of aliphatic carboxylic acids is 1. The Balaban J connectivity index is 2.81. The number of hydrogen-bond acceptors (Lipinski definition) is 2. The molecule has 0 aromatic heterocycles. The van der Waals surface area contributed by atoms with Gasteiger partial charge in [-0.3, -0.25) is 9.00 Å². The third-order valence-corrected chi connectivity index (χ3v) is 4.13. The number of rotatable bonds is 4. The summed E-state index contributed by atoms with van der Waals surface area (Å²) in [5.74, 6) is -1.72. The number of carbonyl (C=O) groups is 1. The molecule has 1 N–H and O–H groups in total. The average molecular weight is 309 g/mol. The van der Waals surface area contributed by atoms with Gasteiger partial charge in [0.1, 0.15) is 11.1 Å². The van der Waals surface area contributed by atoms with Crippen molar-refractivity contribution >= 4 is 32.7 Å². The van der Waals surface area contributed by atoms with Gasteiger partial charge in [0.2, 0.25) is 0 Å². The Morgan fingerprint density at radius 2 is 2.25 bits per heavy atom. The van der Waals surface area contributed by atoms with Gasteiger partial charge in [-0.1, -0.05) is 22.0 Å². The van der Waals surface area contributed by atoms with Crippen LogP contribution < -0.4 is 0 Å². The summed E-state index contributed by atoms with van der Waals surface area (Å²) in [5, 5.41) is 7.65. The topological polar surface area (TPSA) is 54.4 Å². The molecule has 1 aromatic carbocycles. The quantitative estimate of drug-likeness (QED) is 0.928. The smallest absolute Gasteiger partial charge is 0.318 e. The van der Waals surface area contributed by atoms with E-state index in [4.69, 9.17) is 5.11 Å². The van der Waals surface area contributed by atoms with Crippen LogP contribution in [0, 0.1) is 5.82 Å². The van der Waals surface area contributed by atoms with Crippen LogP contribution in [0.4, 0.5) is 4.39 Å². The van der Waals surface area contributed by atoms with Crippen molar-refractivity contribution in [3.8, 4) is 0 Å². The fraction of sp³-hybridized carbons (Fsp3) is 0.300. The third-order valence-electron chi connectivity index (χ3n) is 2.05. The molecular weight excluding hydrogens is 299 g/mol. The molecule has 6 heteroatoms. The van der Waals surface area contributed by atoms with Crippen LogP contribution in [0.5, 0.6) is 0 Å². The van der Waals surface area contributed by atoms with E-state index in [9.17, 15) is 13.4 Å². The van der Waals surface area contributed by atoms with Gasteiger partial charge in [0.25, 0.3) is 0 Å². The normalized spacial score (nSPS) is 14.4. The lowest BCUT2D eigenvalue weighted by Gasteiger charge is -2.07. The summed E-state index contributed by atoms with van der Waals surface area (Å²) in [5.41, 5.74) is 0.259. The SMILES string of the molecule is CC(C(=O)O)S(=O)Cc1ccc(Br)cc1F. The van der Waals surface area contributed by atoms with E-state index in [1.165, 1.54) is 19.1 Å². The highest BCUT2D eigenvalue weighted by Gasteiger charge is 2.20. The Kier molecular flexibility index (Phi) is 4.61. The Labute approximate surface area is 103 Å². The maximum atomic E-state index is 13.4. The van der Waals surface area contributed by atoms with Crippen LogP contribution in [0.15, 0.2) is 22.7 Å². The first-order valence-corrected chi connectivity index (χ1v) is 6.63. The molecule has 1 aromatic rings. The van der Waals surface area contributed by atoms with E-state index in [-0.39, 0.29) is 11.3 Å². The molecule has 0 aliphatic rings. The molecule has 2 atom stereocenters. The molecule has 0 fully saturated rings. The van der Waals surface area contributed by atoms with Crippen LogP contribution in [-0.4, -0.2) is 20.5 Å². The number of carboxylic acid groups (broad SMARTS) is 1. The number of benzene rings is 1. The molecule has 2 unspecified atom stereocenters. The van der Waals surface area contributed by atoms with E-state index in [1.807, 2.05) is 0 Å². The molecule has 0 bridgehead atoms. The maximum Gasteiger partial charge on any atom is 0.318 e. The summed E-state index contributed by atoms with van der Waals surface area (Å²) >= 11 is 3.10. The standard InChI is InChI=1S/C10H10BrFO3S/c1-6(10(13)14)16(15)5-7-2-3-8(11)4-9(7)12/h2-4,6H,5H2,1H3,(H,13,14). The zero-order chi connectivity index (χ0) is 12.3. The minimum absolute atomic E-state index is 0.0907. The lowest BCUT2D eigenvalue weighted by molar-refractivity contribution is -0.136. The molecule has 0 aliphatic carbocycles. The highest BCUT2D eigenvalue weighted by atomic mass is 79.9. The number of hydrogen-bond donors (Lipinski definition) is 1. The van der Waals surface area contributed by atoms with Crippen molar-refractivity contribution < 1.29 is 18.5 Å². The van der Waals surface area contributed by atoms with Gasteiger partial charge in [-0.2, -0.15) is 0 Å². The number of halogens is 2. The van der Waals surface area contributed by atoms with Crippen molar-refractivity contribution in [1.82, 2.24) is 0 Å². The monoisotopic (exact) mass is 308 g/mol. The van der Waals surface area contributed by atoms with Crippen molar-refractivity contribution in [2.45, 2.75) is 17.9 Å². The summed E-state index contributed by atoms with van der Waals surface area (Å²) in [6.07, 6.45) is 0. The summed E-state index contributed by atoms with van der Waals surface area (Å²) in [6, 6.07) is 4.38. The van der Waals surface area contributed by atoms with Crippen LogP contribution in [-0.2, 0) is 21.3 Å². The van der Waals surface area contributed by atoms with Crippen LogP contribution in [0.3, 0.4) is 0 Å². The summed E-state index contributed by atoms with van der Waals surface area (Å²) < 4.78 is 25.5. The van der Waals surface area contributed by atoms with Gasteiger partial charge in [0, 0.05) is 20.8 Å². The summed E-state index contributed by atoms with van der Waals surface area (Å²) in [4.78, 5) is 10.6. The van der Waals surface area contributed by atoms with Crippen molar-refractivity contribution in [1.29, 1.82) is 0 Å². The molecule has 0 aliphatic heterocycles. The highest BCUT2D eigenvalue weighted by molar-refractivity contribution is 9.10. The predicted octanol–water partition coefficient (Wildman–Crippen LogP) is 2.31. The molecule has 0 saturated carbocycles. The maximum absolute atomic E-state index is 13.4. The minimum Gasteiger partial charge on any atom is -0.480 e. The summed E-state index contributed by atoms with van der Waals surface area (Å²) in [7, 11) is -1.62. The average Bonchev–Trinajstić information content (AvgIpc) is 2.20.